The lowest BCUT2D eigenvalue weighted by Gasteiger charge is -2.28. The van der Waals surface area contributed by atoms with Crippen LogP contribution in [-0.4, -0.2) is 45.7 Å². The van der Waals surface area contributed by atoms with E-state index in [-0.39, 0.29) is 18.0 Å². The van der Waals surface area contributed by atoms with Crippen molar-refractivity contribution in [1.29, 1.82) is 0 Å². The number of amides is 1. The average molecular weight is 506 g/mol. The quantitative estimate of drug-likeness (QED) is 0.389. The molecule has 1 aliphatic rings. The summed E-state index contributed by atoms with van der Waals surface area (Å²) in [6.45, 7) is 8.27. The van der Waals surface area contributed by atoms with Gasteiger partial charge >= 0.3 is 0 Å². The molecule has 8 heteroatoms. The van der Waals surface area contributed by atoms with Gasteiger partial charge in [0.25, 0.3) is 0 Å². The molecule has 1 aliphatic heterocycles. The van der Waals surface area contributed by atoms with E-state index in [1.807, 2.05) is 42.5 Å². The van der Waals surface area contributed by atoms with Crippen molar-refractivity contribution in [2.24, 2.45) is 0 Å². The Morgan fingerprint density at radius 1 is 1.17 bits per heavy atom. The Bertz CT molecular complexity index is 1210. The van der Waals surface area contributed by atoms with Gasteiger partial charge in [-0.2, -0.15) is 0 Å². The van der Waals surface area contributed by atoms with E-state index < -0.39 is 0 Å². The van der Waals surface area contributed by atoms with E-state index in [4.69, 9.17) is 17.0 Å². The van der Waals surface area contributed by atoms with E-state index in [1.165, 1.54) is 17.0 Å². The third-order valence-electron chi connectivity index (χ3n) is 6.90. The van der Waals surface area contributed by atoms with Crippen LogP contribution in [0, 0.1) is 13.8 Å². The van der Waals surface area contributed by atoms with Crippen LogP contribution in [0.5, 0.6) is 0 Å². The summed E-state index contributed by atoms with van der Waals surface area (Å²) >= 11 is 5.80. The minimum Gasteiger partial charge on any atom is -0.383 e. The number of nitrogens with zero attached hydrogens (tertiary/aromatic N) is 3. The van der Waals surface area contributed by atoms with Gasteiger partial charge in [-0.25, -0.2) is 0 Å². The van der Waals surface area contributed by atoms with Crippen LogP contribution in [0.3, 0.4) is 0 Å². The molecule has 3 heterocycles. The topological polar surface area (TPSA) is 71.4 Å². The summed E-state index contributed by atoms with van der Waals surface area (Å²) in [7, 11) is 1.72. The van der Waals surface area contributed by atoms with Crippen LogP contribution in [-0.2, 0) is 22.5 Å². The summed E-state index contributed by atoms with van der Waals surface area (Å²) < 4.78 is 7.61. The van der Waals surface area contributed by atoms with E-state index in [0.717, 1.165) is 29.9 Å². The van der Waals surface area contributed by atoms with Crippen molar-refractivity contribution >= 4 is 28.9 Å². The molecule has 2 N–H and O–H groups in total. The van der Waals surface area contributed by atoms with Gasteiger partial charge in [0.1, 0.15) is 0 Å². The zero-order valence-electron chi connectivity index (χ0n) is 21.5. The first-order valence-corrected chi connectivity index (χ1v) is 12.9. The predicted octanol–water partition coefficient (Wildman–Crippen LogP) is 4.71. The lowest BCUT2D eigenvalue weighted by molar-refractivity contribution is -0.116. The number of benzene rings is 1. The molecule has 0 bridgehead atoms. The molecule has 1 amide bonds. The SMILES string of the molecule is CCc1ccccc1NC(=O)CCN1C(=S)N[C@@H](c2ccccn2)[C@@H]1c1cc(C)n(CCOC)c1C. The second-order valence-corrected chi connectivity index (χ2v) is 9.49. The molecule has 36 heavy (non-hydrogen) atoms. The Balaban J connectivity index is 1.60. The van der Waals surface area contributed by atoms with Gasteiger partial charge in [-0.3, -0.25) is 9.78 Å². The molecule has 7 nitrogen and oxygen atoms in total. The van der Waals surface area contributed by atoms with E-state index in [1.54, 1.807) is 13.3 Å². The van der Waals surface area contributed by atoms with Gasteiger partial charge in [-0.15, -0.1) is 0 Å². The van der Waals surface area contributed by atoms with Gasteiger partial charge in [-0.1, -0.05) is 31.2 Å². The molecule has 2 atom stereocenters. The van der Waals surface area contributed by atoms with Crippen molar-refractivity contribution < 1.29 is 9.53 Å². The molecule has 4 rings (SSSR count). The maximum Gasteiger partial charge on any atom is 0.226 e. The smallest absolute Gasteiger partial charge is 0.226 e. The Morgan fingerprint density at radius 2 is 1.94 bits per heavy atom. The summed E-state index contributed by atoms with van der Waals surface area (Å²) in [6, 6.07) is 15.9. The van der Waals surface area contributed by atoms with E-state index in [0.29, 0.717) is 24.7 Å². The van der Waals surface area contributed by atoms with E-state index >= 15 is 0 Å². The van der Waals surface area contributed by atoms with Gasteiger partial charge in [0, 0.05) is 49.9 Å². The average Bonchev–Trinajstić information content (AvgIpc) is 3.36. The lowest BCUT2D eigenvalue weighted by Crippen LogP contribution is -2.33. The number of thiocarbonyl (C=S) groups is 1. The number of nitrogens with one attached hydrogen (secondary N) is 2. The Morgan fingerprint density at radius 3 is 2.67 bits per heavy atom. The number of carbonyl (C=O) groups is 1. The first-order valence-electron chi connectivity index (χ1n) is 12.5. The summed E-state index contributed by atoms with van der Waals surface area (Å²) in [5, 5.41) is 7.21. The minimum absolute atomic E-state index is 0.0238. The number of aryl methyl sites for hydroxylation is 2. The van der Waals surface area contributed by atoms with Gasteiger partial charge in [0.05, 0.1) is 24.4 Å². The molecule has 2 aromatic heterocycles. The third-order valence-corrected chi connectivity index (χ3v) is 7.25. The zero-order chi connectivity index (χ0) is 25.7. The van der Waals surface area contributed by atoms with Crippen LogP contribution < -0.4 is 10.6 Å². The monoisotopic (exact) mass is 505 g/mol. The van der Waals surface area contributed by atoms with E-state index in [9.17, 15) is 4.79 Å². The highest BCUT2D eigenvalue weighted by Gasteiger charge is 2.41. The summed E-state index contributed by atoms with van der Waals surface area (Å²) in [5.74, 6) is -0.0238. The van der Waals surface area contributed by atoms with Crippen molar-refractivity contribution in [2.45, 2.75) is 52.2 Å². The number of carbonyl (C=O) groups excluding carboxylic acids is 1. The fraction of sp³-hybridized carbons (Fsp3) is 0.393. The number of para-hydroxylation sites is 1. The summed E-state index contributed by atoms with van der Waals surface area (Å²) in [5.41, 5.74) is 6.45. The molecule has 1 aromatic carbocycles. The molecular weight excluding hydrogens is 470 g/mol. The fourth-order valence-corrected chi connectivity index (χ4v) is 5.36. The Hall–Kier alpha value is -3.23. The van der Waals surface area contributed by atoms with Crippen molar-refractivity contribution in [1.82, 2.24) is 19.8 Å². The molecule has 3 aromatic rings. The van der Waals surface area contributed by atoms with Crippen LogP contribution in [0.4, 0.5) is 5.69 Å². The standard InChI is InChI=1S/C28H35N5O2S/c1-5-21-10-6-7-11-23(21)30-25(34)13-15-33-27(22-18-19(2)32(20(22)3)16-17-35-4)26(31-28(33)36)24-12-8-9-14-29-24/h6-12,14,18,26-27H,5,13,15-17H2,1-4H3,(H,30,34)(H,31,36)/t26-,27-/m0/s1. The largest absolute Gasteiger partial charge is 0.383 e. The van der Waals surface area contributed by atoms with Crippen LogP contribution in [0.1, 0.15) is 53.6 Å². The molecule has 0 radical (unpaired) electrons. The van der Waals surface area contributed by atoms with Gasteiger partial charge in [0.2, 0.25) is 5.91 Å². The molecule has 1 saturated heterocycles. The highest BCUT2D eigenvalue weighted by Crippen LogP contribution is 2.40. The second kappa shape index (κ2) is 11.7. The lowest BCUT2D eigenvalue weighted by atomic mass is 9.96. The summed E-state index contributed by atoms with van der Waals surface area (Å²) in [6.07, 6.45) is 3.00. The van der Waals surface area contributed by atoms with Crippen LogP contribution >= 0.6 is 12.2 Å². The summed E-state index contributed by atoms with van der Waals surface area (Å²) in [4.78, 5) is 19.7. The normalized spacial score (nSPS) is 17.3. The van der Waals surface area contributed by atoms with Crippen LogP contribution in [0.2, 0.25) is 0 Å². The van der Waals surface area contributed by atoms with Crippen molar-refractivity contribution in [3.63, 3.8) is 0 Å². The molecule has 0 unspecified atom stereocenters. The number of aromatic nitrogens is 2. The number of methoxy groups -OCH3 is 1. The van der Waals surface area contributed by atoms with Gasteiger partial charge in [0.15, 0.2) is 5.11 Å². The first-order chi connectivity index (χ1) is 17.4. The fourth-order valence-electron chi connectivity index (χ4n) is 5.02. The highest BCUT2D eigenvalue weighted by molar-refractivity contribution is 7.80. The number of anilines is 1. The van der Waals surface area contributed by atoms with E-state index in [2.05, 4.69) is 51.9 Å². The number of rotatable bonds is 10. The second-order valence-electron chi connectivity index (χ2n) is 9.10. The number of hydrogen-bond acceptors (Lipinski definition) is 4. The molecule has 0 saturated carbocycles. The third kappa shape index (κ3) is 5.44. The van der Waals surface area contributed by atoms with Crippen molar-refractivity contribution in [3.8, 4) is 0 Å². The number of hydrogen-bond donors (Lipinski definition) is 2. The molecule has 0 spiro atoms. The maximum atomic E-state index is 13.0. The molecule has 1 fully saturated rings. The molecular formula is C28H35N5O2S. The number of pyridine rings is 1. The predicted molar refractivity (Wildman–Crippen MR) is 147 cm³/mol. The Labute approximate surface area is 218 Å². The minimum atomic E-state index is -0.112. The van der Waals surface area contributed by atoms with Crippen LogP contribution in [0.25, 0.3) is 0 Å². The van der Waals surface area contributed by atoms with Gasteiger partial charge in [-0.05, 0) is 67.9 Å². The number of ether oxygens (including phenoxy) is 1. The molecule has 190 valence electrons. The van der Waals surface area contributed by atoms with Gasteiger partial charge < -0.3 is 24.8 Å². The van der Waals surface area contributed by atoms with Crippen molar-refractivity contribution in [2.75, 3.05) is 25.6 Å². The zero-order valence-corrected chi connectivity index (χ0v) is 22.3. The van der Waals surface area contributed by atoms with Crippen LogP contribution in [0.15, 0.2) is 54.7 Å². The molecule has 0 aliphatic carbocycles. The Kier molecular flexibility index (Phi) is 8.38. The highest BCUT2D eigenvalue weighted by atomic mass is 32.1. The maximum absolute atomic E-state index is 13.0. The first kappa shape index (κ1) is 25.9. The van der Waals surface area contributed by atoms with Crippen molar-refractivity contribution in [3.05, 3.63) is 82.9 Å².